The molecule has 1 saturated heterocycles. The van der Waals surface area contributed by atoms with Gasteiger partial charge in [-0.2, -0.15) is 0 Å². The van der Waals surface area contributed by atoms with Gasteiger partial charge in [-0.3, -0.25) is 0 Å². The second-order valence-electron chi connectivity index (χ2n) is 9.01. The summed E-state index contributed by atoms with van der Waals surface area (Å²) in [4.78, 5) is 6.45. The van der Waals surface area contributed by atoms with Gasteiger partial charge < -0.3 is 25.2 Å². The smallest absolute Gasteiger partial charge is 0.133 e. The van der Waals surface area contributed by atoms with Gasteiger partial charge in [-0.15, -0.1) is 0 Å². The average molecular weight is 462 g/mol. The second kappa shape index (κ2) is 11.4. The number of hydrogen-bond donors (Lipinski definition) is 2. The quantitative estimate of drug-likeness (QED) is 0.395. The zero-order valence-corrected chi connectivity index (χ0v) is 19.9. The van der Waals surface area contributed by atoms with Gasteiger partial charge in [0.05, 0.1) is 5.60 Å². The Labute approximate surface area is 202 Å². The van der Waals surface area contributed by atoms with Crippen LogP contribution < -0.4 is 15.4 Å². The van der Waals surface area contributed by atoms with Crippen molar-refractivity contribution in [3.05, 3.63) is 78.5 Å². The number of aliphatic hydroxyl groups is 1. The van der Waals surface area contributed by atoms with Gasteiger partial charge in [-0.05, 0) is 56.4 Å². The fourth-order valence-corrected chi connectivity index (χ4v) is 4.96. The Morgan fingerprint density at radius 3 is 2.68 bits per heavy atom. The first-order chi connectivity index (χ1) is 16.6. The zero-order valence-electron chi connectivity index (χ0n) is 19.9. The molecular weight excluding hydrogens is 426 g/mol. The Bertz CT molecular complexity index is 1050. The van der Waals surface area contributed by atoms with Crippen molar-refractivity contribution in [3.63, 3.8) is 0 Å². The summed E-state index contributed by atoms with van der Waals surface area (Å²) in [7, 11) is 1.72. The number of anilines is 2. The molecule has 6 nitrogen and oxygen atoms in total. The molecule has 1 aliphatic rings. The van der Waals surface area contributed by atoms with Crippen LogP contribution in [0.2, 0.25) is 0 Å². The number of benzene rings is 2. The van der Waals surface area contributed by atoms with Crippen LogP contribution in [0.25, 0.3) is 0 Å². The van der Waals surface area contributed by atoms with Crippen molar-refractivity contribution in [2.45, 2.75) is 37.7 Å². The minimum atomic E-state index is -1.03. The number of pyridine rings is 1. The first kappa shape index (κ1) is 24.0. The average Bonchev–Trinajstić information content (AvgIpc) is 2.87. The normalized spacial score (nSPS) is 17.8. The Hall–Kier alpha value is -3.09. The Morgan fingerprint density at radius 1 is 1.09 bits per heavy atom. The summed E-state index contributed by atoms with van der Waals surface area (Å²) in [5.74, 6) is 2.01. The first-order valence-electron chi connectivity index (χ1n) is 12.1. The van der Waals surface area contributed by atoms with E-state index in [1.54, 1.807) is 13.3 Å². The summed E-state index contributed by atoms with van der Waals surface area (Å²) in [5, 5.41) is 12.4. The molecule has 0 aliphatic carbocycles. The number of ether oxygens (including phenoxy) is 2. The van der Waals surface area contributed by atoms with Gasteiger partial charge in [0.15, 0.2) is 0 Å². The van der Waals surface area contributed by atoms with Crippen LogP contribution in [0.1, 0.15) is 37.7 Å². The molecule has 1 aliphatic heterocycles. The molecule has 0 spiro atoms. The minimum absolute atomic E-state index is 0.0405. The molecule has 0 saturated carbocycles. The number of unbranched alkanes of at least 4 members (excludes halogenated alkanes) is 1. The molecule has 6 heteroatoms. The first-order valence-corrected chi connectivity index (χ1v) is 12.1. The molecule has 3 aromatic rings. The van der Waals surface area contributed by atoms with E-state index < -0.39 is 5.60 Å². The third-order valence-corrected chi connectivity index (χ3v) is 6.71. The molecule has 1 aromatic heterocycles. The van der Waals surface area contributed by atoms with Crippen LogP contribution in [0.5, 0.6) is 11.5 Å². The number of rotatable bonds is 10. The van der Waals surface area contributed by atoms with E-state index in [9.17, 15) is 5.11 Å². The Kier molecular flexibility index (Phi) is 8.03. The minimum Gasteiger partial charge on any atom is -0.457 e. The molecule has 0 amide bonds. The van der Waals surface area contributed by atoms with Gasteiger partial charge in [0.2, 0.25) is 0 Å². The lowest BCUT2D eigenvalue weighted by molar-refractivity contribution is -0.0413. The van der Waals surface area contributed by atoms with E-state index in [0.29, 0.717) is 24.6 Å². The van der Waals surface area contributed by atoms with Gasteiger partial charge in [-0.25, -0.2) is 4.98 Å². The van der Waals surface area contributed by atoms with Crippen LogP contribution in [-0.2, 0) is 10.3 Å². The number of piperidine rings is 1. The maximum Gasteiger partial charge on any atom is 0.133 e. The number of methoxy groups -OCH3 is 1. The number of nitrogen functional groups attached to an aromatic ring is 1. The van der Waals surface area contributed by atoms with E-state index in [2.05, 4.69) is 9.88 Å². The number of nitrogens with two attached hydrogens (primary N) is 1. The predicted octanol–water partition coefficient (Wildman–Crippen LogP) is 5.38. The third kappa shape index (κ3) is 5.69. The standard InChI is InChI=1S/C28H35N3O3/c1-33-19-8-7-16-28(32,22-10-9-18-31(21-22)23-15-17-30-27(29)20-23)25-13-5-6-14-26(25)34-24-11-3-2-4-12-24/h2-6,11-15,17,20,22,32H,7-10,16,18-19,21H2,1H3,(H2,29,30). The van der Waals surface area contributed by atoms with Crippen molar-refractivity contribution in [3.8, 4) is 11.5 Å². The maximum atomic E-state index is 12.4. The molecule has 3 N–H and O–H groups in total. The van der Waals surface area contributed by atoms with Crippen molar-refractivity contribution >= 4 is 11.5 Å². The highest BCUT2D eigenvalue weighted by atomic mass is 16.5. The molecule has 0 bridgehead atoms. The van der Waals surface area contributed by atoms with Crippen LogP contribution in [0.4, 0.5) is 11.5 Å². The van der Waals surface area contributed by atoms with E-state index in [1.807, 2.05) is 66.7 Å². The van der Waals surface area contributed by atoms with Crippen LogP contribution >= 0.6 is 0 Å². The van der Waals surface area contributed by atoms with Gasteiger partial charge in [0.25, 0.3) is 0 Å². The highest BCUT2D eigenvalue weighted by Gasteiger charge is 2.42. The summed E-state index contributed by atoms with van der Waals surface area (Å²) < 4.78 is 11.5. The summed E-state index contributed by atoms with van der Waals surface area (Å²) in [6.07, 6.45) is 6.09. The maximum absolute atomic E-state index is 12.4. The van der Waals surface area contributed by atoms with Crippen LogP contribution in [0.15, 0.2) is 72.9 Å². The van der Waals surface area contributed by atoms with Crippen molar-refractivity contribution in [2.24, 2.45) is 5.92 Å². The third-order valence-electron chi connectivity index (χ3n) is 6.71. The van der Waals surface area contributed by atoms with Crippen LogP contribution in [0, 0.1) is 5.92 Å². The molecular formula is C28H35N3O3. The molecule has 1 fully saturated rings. The second-order valence-corrected chi connectivity index (χ2v) is 9.01. The van der Waals surface area contributed by atoms with Crippen molar-refractivity contribution in [1.29, 1.82) is 0 Å². The molecule has 2 unspecified atom stereocenters. The number of nitrogens with zero attached hydrogens (tertiary/aromatic N) is 2. The van der Waals surface area contributed by atoms with Gasteiger partial charge in [0.1, 0.15) is 17.3 Å². The lowest BCUT2D eigenvalue weighted by Gasteiger charge is -2.44. The molecule has 180 valence electrons. The number of aromatic nitrogens is 1. The molecule has 2 heterocycles. The molecule has 2 aromatic carbocycles. The van der Waals surface area contributed by atoms with Crippen molar-refractivity contribution in [1.82, 2.24) is 4.98 Å². The predicted molar refractivity (Wildman–Crippen MR) is 136 cm³/mol. The van der Waals surface area contributed by atoms with E-state index in [0.717, 1.165) is 55.8 Å². The monoisotopic (exact) mass is 461 g/mol. The Balaban J connectivity index is 1.65. The zero-order chi connectivity index (χ0) is 23.8. The van der Waals surface area contributed by atoms with Gasteiger partial charge in [0, 0.05) is 56.2 Å². The lowest BCUT2D eigenvalue weighted by Crippen LogP contribution is -2.46. The van der Waals surface area contributed by atoms with Crippen LogP contribution in [0.3, 0.4) is 0 Å². The summed E-state index contributed by atoms with van der Waals surface area (Å²) in [6.45, 7) is 2.36. The topological polar surface area (TPSA) is 80.8 Å². The number of para-hydroxylation sites is 2. The molecule has 2 atom stereocenters. The van der Waals surface area contributed by atoms with Gasteiger partial charge >= 0.3 is 0 Å². The van der Waals surface area contributed by atoms with Gasteiger partial charge in [-0.1, -0.05) is 36.4 Å². The molecule has 0 radical (unpaired) electrons. The van der Waals surface area contributed by atoms with E-state index in [1.165, 1.54) is 0 Å². The van der Waals surface area contributed by atoms with Crippen LogP contribution in [-0.4, -0.2) is 36.9 Å². The summed E-state index contributed by atoms with van der Waals surface area (Å²) in [6, 6.07) is 21.5. The number of hydrogen-bond acceptors (Lipinski definition) is 6. The summed E-state index contributed by atoms with van der Waals surface area (Å²) >= 11 is 0. The van der Waals surface area contributed by atoms with Crippen molar-refractivity contribution < 1.29 is 14.6 Å². The molecule has 34 heavy (non-hydrogen) atoms. The van der Waals surface area contributed by atoms with E-state index in [4.69, 9.17) is 15.2 Å². The largest absolute Gasteiger partial charge is 0.457 e. The fraction of sp³-hybridized carbons (Fsp3) is 0.393. The lowest BCUT2D eigenvalue weighted by atomic mass is 9.73. The van der Waals surface area contributed by atoms with E-state index in [-0.39, 0.29) is 5.92 Å². The fourth-order valence-electron chi connectivity index (χ4n) is 4.96. The SMILES string of the molecule is COCCCCC(O)(c1ccccc1Oc1ccccc1)C1CCCN(c2ccnc(N)c2)C1. The van der Waals surface area contributed by atoms with E-state index >= 15 is 0 Å². The molecule has 4 rings (SSSR count). The van der Waals surface area contributed by atoms with Crippen molar-refractivity contribution in [2.75, 3.05) is 37.4 Å². The highest BCUT2D eigenvalue weighted by molar-refractivity contribution is 5.52. The summed E-state index contributed by atoms with van der Waals surface area (Å²) in [5.41, 5.74) is 6.81. The highest BCUT2D eigenvalue weighted by Crippen LogP contribution is 2.44. The Morgan fingerprint density at radius 2 is 1.88 bits per heavy atom.